The number of Topliss-reactive ketones (excluding diaryl/α,β-unsaturated/α-hetero) is 3. The molecule has 5 atom stereocenters. The molecule has 13 nitrogen and oxygen atoms in total. The van der Waals surface area contributed by atoms with Crippen molar-refractivity contribution in [1.29, 1.82) is 0 Å². The monoisotopic (exact) mass is 423 g/mol. The first-order valence-electron chi connectivity index (χ1n) is 8.76. The third-order valence-electron chi connectivity index (χ3n) is 5.26. The van der Waals surface area contributed by atoms with Gasteiger partial charge in [-0.15, -0.1) is 0 Å². The van der Waals surface area contributed by atoms with Crippen LogP contribution in [0.3, 0.4) is 0 Å². The minimum Gasteiger partial charge on any atom is -0.479 e. The van der Waals surface area contributed by atoms with Crippen LogP contribution in [0.5, 0.6) is 5.88 Å². The van der Waals surface area contributed by atoms with E-state index in [0.29, 0.717) is 0 Å². The molecule has 1 aliphatic rings. The minimum absolute atomic E-state index is 0.0113. The van der Waals surface area contributed by atoms with Crippen molar-refractivity contribution in [3.8, 4) is 5.88 Å². The van der Waals surface area contributed by atoms with Crippen molar-refractivity contribution < 1.29 is 39.2 Å². The summed E-state index contributed by atoms with van der Waals surface area (Å²) >= 11 is 0. The van der Waals surface area contributed by atoms with Gasteiger partial charge >= 0.3 is 0 Å². The molecule has 3 rings (SSSR count). The number of fused-ring (bicyclic) bond motifs is 1. The van der Waals surface area contributed by atoms with Crippen molar-refractivity contribution in [3.05, 3.63) is 6.33 Å². The van der Waals surface area contributed by atoms with E-state index >= 15 is 0 Å². The summed E-state index contributed by atoms with van der Waals surface area (Å²) < 4.78 is 11.7. The lowest BCUT2D eigenvalue weighted by atomic mass is 9.73. The van der Waals surface area contributed by atoms with E-state index in [1.807, 2.05) is 0 Å². The molecule has 1 aliphatic heterocycles. The van der Waals surface area contributed by atoms with Gasteiger partial charge in [0.2, 0.25) is 17.4 Å². The van der Waals surface area contributed by atoms with E-state index in [0.717, 1.165) is 31.7 Å². The maximum Gasteiger partial charge on any atom is 0.246 e. The summed E-state index contributed by atoms with van der Waals surface area (Å²) in [6.07, 6.45) is -4.67. The zero-order valence-electron chi connectivity index (χ0n) is 16.6. The second kappa shape index (κ2) is 7.05. The molecular formula is C17H21N5O8. The maximum atomic E-state index is 12.5. The molecule has 0 saturated carbocycles. The second-order valence-electron chi connectivity index (χ2n) is 7.02. The molecule has 0 bridgehead atoms. The van der Waals surface area contributed by atoms with Crippen LogP contribution >= 0.6 is 0 Å². The molecular weight excluding hydrogens is 402 g/mol. The molecule has 3 heterocycles. The van der Waals surface area contributed by atoms with Crippen LogP contribution < -0.4 is 10.5 Å². The summed E-state index contributed by atoms with van der Waals surface area (Å²) in [4.78, 5) is 48.6. The molecule has 5 N–H and O–H groups in total. The van der Waals surface area contributed by atoms with Gasteiger partial charge in [0.05, 0.1) is 13.4 Å². The van der Waals surface area contributed by atoms with Gasteiger partial charge in [-0.2, -0.15) is 9.97 Å². The number of nitrogens with two attached hydrogens (primary N) is 1. The SMILES string of the molecule is COc1nc(N)nc2c1ncn2[C@@H]1O[C@H](C(O)C(C)=O)[C@](O)(C(C)=O)[C@@]1(O)C(C)=O. The van der Waals surface area contributed by atoms with Crippen molar-refractivity contribution in [3.63, 3.8) is 0 Å². The number of nitrogens with zero attached hydrogens (tertiary/aromatic N) is 4. The Balaban J connectivity index is 2.30. The summed E-state index contributed by atoms with van der Waals surface area (Å²) in [7, 11) is 1.31. The Hall–Kier alpha value is -3.00. The summed E-state index contributed by atoms with van der Waals surface area (Å²) in [6, 6.07) is 0. The lowest BCUT2D eigenvalue weighted by molar-refractivity contribution is -0.184. The Bertz CT molecular complexity index is 1050. The quantitative estimate of drug-likeness (QED) is 0.395. The van der Waals surface area contributed by atoms with Crippen LogP contribution in [0.25, 0.3) is 11.2 Å². The fourth-order valence-electron chi connectivity index (χ4n) is 3.66. The number of ketones is 3. The van der Waals surface area contributed by atoms with Crippen molar-refractivity contribution >= 4 is 34.5 Å². The molecule has 0 radical (unpaired) electrons. The number of methoxy groups -OCH3 is 1. The maximum absolute atomic E-state index is 12.5. The average molecular weight is 423 g/mol. The Morgan fingerprint density at radius 3 is 2.30 bits per heavy atom. The van der Waals surface area contributed by atoms with Crippen molar-refractivity contribution in [1.82, 2.24) is 19.5 Å². The van der Waals surface area contributed by atoms with Gasteiger partial charge in [0, 0.05) is 0 Å². The third-order valence-corrected chi connectivity index (χ3v) is 5.26. The number of aliphatic hydroxyl groups is 3. The molecule has 2 aromatic heterocycles. The third kappa shape index (κ3) is 2.70. The van der Waals surface area contributed by atoms with Crippen molar-refractivity contribution in [2.75, 3.05) is 12.8 Å². The number of carbonyl (C=O) groups is 3. The van der Waals surface area contributed by atoms with E-state index in [1.54, 1.807) is 0 Å². The number of aliphatic hydroxyl groups excluding tert-OH is 1. The van der Waals surface area contributed by atoms with E-state index in [4.69, 9.17) is 15.2 Å². The van der Waals surface area contributed by atoms with Crippen LogP contribution in [0.1, 0.15) is 27.0 Å². The van der Waals surface area contributed by atoms with Crippen LogP contribution in [0.2, 0.25) is 0 Å². The van der Waals surface area contributed by atoms with Gasteiger partial charge in [-0.05, 0) is 20.8 Å². The largest absolute Gasteiger partial charge is 0.479 e. The van der Waals surface area contributed by atoms with Crippen LogP contribution in [0.4, 0.5) is 5.95 Å². The van der Waals surface area contributed by atoms with E-state index in [2.05, 4.69) is 15.0 Å². The molecule has 13 heteroatoms. The zero-order valence-corrected chi connectivity index (χ0v) is 16.6. The van der Waals surface area contributed by atoms with Gasteiger partial charge in [-0.25, -0.2) is 4.98 Å². The van der Waals surface area contributed by atoms with E-state index in [-0.39, 0.29) is 23.0 Å². The lowest BCUT2D eigenvalue weighted by Crippen LogP contribution is -2.67. The molecule has 1 fully saturated rings. The summed E-state index contributed by atoms with van der Waals surface area (Å²) in [5.41, 5.74) is -0.145. The molecule has 30 heavy (non-hydrogen) atoms. The first-order valence-corrected chi connectivity index (χ1v) is 8.76. The number of rotatable bonds is 6. The van der Waals surface area contributed by atoms with Gasteiger partial charge < -0.3 is 30.5 Å². The molecule has 162 valence electrons. The Labute approximate surface area is 169 Å². The summed E-state index contributed by atoms with van der Waals surface area (Å²) in [5, 5.41) is 32.8. The van der Waals surface area contributed by atoms with E-state index in [1.165, 1.54) is 7.11 Å². The topological polar surface area (TPSA) is 200 Å². The number of imidazole rings is 1. The minimum atomic E-state index is -2.95. The summed E-state index contributed by atoms with van der Waals surface area (Å²) in [5.74, 6) is -3.24. The molecule has 2 aromatic rings. The van der Waals surface area contributed by atoms with E-state index in [9.17, 15) is 29.7 Å². The molecule has 0 aliphatic carbocycles. The van der Waals surface area contributed by atoms with Gasteiger partial charge in [0.1, 0.15) is 12.2 Å². The first kappa shape index (κ1) is 21.7. The molecule has 0 aromatic carbocycles. The highest BCUT2D eigenvalue weighted by molar-refractivity contribution is 6.00. The van der Waals surface area contributed by atoms with Gasteiger partial charge in [0.15, 0.2) is 40.3 Å². The van der Waals surface area contributed by atoms with Gasteiger partial charge in [0.25, 0.3) is 0 Å². The fraction of sp³-hybridized carbons (Fsp3) is 0.529. The van der Waals surface area contributed by atoms with Crippen LogP contribution in [-0.4, -0.2) is 82.7 Å². The standard InChI is InChI=1S/C17H21N5O8/c1-6(23)10(26)11-16(27,7(2)24)17(28,8(3)25)14(30-11)22-5-19-9-12(22)20-15(18)21-13(9)29-4/h5,10-11,14,26-28H,1-4H3,(H2,18,20,21)/t10?,11-,14-,16-,17-/m1/s1. The molecule has 0 amide bonds. The van der Waals surface area contributed by atoms with Gasteiger partial charge in [-0.1, -0.05) is 0 Å². The lowest BCUT2D eigenvalue weighted by Gasteiger charge is -2.37. The predicted molar refractivity (Wildman–Crippen MR) is 98.1 cm³/mol. The van der Waals surface area contributed by atoms with Crippen molar-refractivity contribution in [2.45, 2.75) is 50.4 Å². The number of anilines is 1. The Kier molecular flexibility index (Phi) is 5.10. The molecule has 0 spiro atoms. The Morgan fingerprint density at radius 1 is 1.20 bits per heavy atom. The van der Waals surface area contributed by atoms with Gasteiger partial charge in [-0.3, -0.25) is 19.0 Å². The normalized spacial score (nSPS) is 29.7. The fourth-order valence-corrected chi connectivity index (χ4v) is 3.66. The smallest absolute Gasteiger partial charge is 0.246 e. The molecule has 1 saturated heterocycles. The predicted octanol–water partition coefficient (Wildman–Crippen LogP) is -2.10. The van der Waals surface area contributed by atoms with Crippen LogP contribution in [0, 0.1) is 0 Å². The number of nitrogen functional groups attached to an aromatic ring is 1. The van der Waals surface area contributed by atoms with Crippen LogP contribution in [0.15, 0.2) is 6.33 Å². The Morgan fingerprint density at radius 2 is 1.80 bits per heavy atom. The first-order chi connectivity index (χ1) is 13.9. The van der Waals surface area contributed by atoms with E-state index < -0.39 is 47.0 Å². The highest BCUT2D eigenvalue weighted by Gasteiger charge is 2.73. The number of carbonyl (C=O) groups excluding carboxylic acids is 3. The zero-order chi connectivity index (χ0) is 22.6. The van der Waals surface area contributed by atoms with Crippen LogP contribution in [-0.2, 0) is 19.1 Å². The number of hydrogen-bond donors (Lipinski definition) is 4. The summed E-state index contributed by atoms with van der Waals surface area (Å²) in [6.45, 7) is 2.82. The number of aromatic nitrogens is 4. The average Bonchev–Trinajstić information content (AvgIpc) is 3.19. The highest BCUT2D eigenvalue weighted by atomic mass is 16.6. The highest BCUT2D eigenvalue weighted by Crippen LogP contribution is 2.49. The molecule has 1 unspecified atom stereocenters. The number of ether oxygens (including phenoxy) is 2. The number of hydrogen-bond acceptors (Lipinski definition) is 12. The van der Waals surface area contributed by atoms with Crippen molar-refractivity contribution in [2.24, 2.45) is 0 Å². The second-order valence-corrected chi connectivity index (χ2v) is 7.02.